The molecule has 2 fully saturated rings. The van der Waals surface area contributed by atoms with Gasteiger partial charge in [0, 0.05) is 19.5 Å². The minimum absolute atomic E-state index is 0.497. The van der Waals surface area contributed by atoms with Crippen molar-refractivity contribution in [3.05, 3.63) is 47.0 Å². The van der Waals surface area contributed by atoms with Gasteiger partial charge < -0.3 is 4.57 Å². The fourth-order valence-corrected chi connectivity index (χ4v) is 4.36. The van der Waals surface area contributed by atoms with Gasteiger partial charge in [0.15, 0.2) is 0 Å². The monoisotopic (exact) mass is 364 g/mol. The van der Waals surface area contributed by atoms with Gasteiger partial charge in [0.05, 0.1) is 18.2 Å². The van der Waals surface area contributed by atoms with Crippen molar-refractivity contribution in [1.29, 1.82) is 5.26 Å². The Morgan fingerprint density at radius 2 is 1.78 bits per heavy atom. The van der Waals surface area contributed by atoms with Crippen molar-refractivity contribution in [2.45, 2.75) is 44.7 Å². The van der Waals surface area contributed by atoms with Gasteiger partial charge in [0.25, 0.3) is 0 Å². The molecule has 0 unspecified atom stereocenters. The zero-order valence-electron chi connectivity index (χ0n) is 16.1. The third-order valence-electron chi connectivity index (χ3n) is 5.98. The van der Waals surface area contributed by atoms with E-state index in [4.69, 9.17) is 5.26 Å². The molecule has 2 aromatic rings. The normalized spacial score (nSPS) is 19.4. The third kappa shape index (κ3) is 4.20. The molecular weight excluding hydrogens is 336 g/mol. The van der Waals surface area contributed by atoms with Crippen LogP contribution in [0.1, 0.15) is 54.4 Å². The van der Waals surface area contributed by atoms with E-state index in [0.29, 0.717) is 5.92 Å². The van der Waals surface area contributed by atoms with E-state index in [2.05, 4.69) is 43.7 Å². The molecular formula is C21H28N6. The molecule has 3 heterocycles. The summed E-state index contributed by atoms with van der Waals surface area (Å²) in [6.45, 7) is 6.35. The lowest BCUT2D eigenvalue weighted by atomic mass is 9.95. The minimum atomic E-state index is 0.497. The second-order valence-corrected chi connectivity index (χ2v) is 7.88. The van der Waals surface area contributed by atoms with Gasteiger partial charge in [-0.15, -0.1) is 10.2 Å². The van der Waals surface area contributed by atoms with Crippen molar-refractivity contribution < 1.29 is 0 Å². The first kappa shape index (κ1) is 18.1. The molecule has 0 radical (unpaired) electrons. The van der Waals surface area contributed by atoms with Crippen LogP contribution in [0.2, 0.25) is 0 Å². The van der Waals surface area contributed by atoms with Crippen molar-refractivity contribution in [1.82, 2.24) is 24.6 Å². The molecule has 6 heteroatoms. The van der Waals surface area contributed by atoms with Crippen LogP contribution in [0.4, 0.5) is 0 Å². The van der Waals surface area contributed by atoms with Gasteiger partial charge in [0.1, 0.15) is 11.6 Å². The Morgan fingerprint density at radius 3 is 2.52 bits per heavy atom. The lowest BCUT2D eigenvalue weighted by Gasteiger charge is -2.31. The van der Waals surface area contributed by atoms with E-state index < -0.39 is 0 Å². The molecule has 142 valence electrons. The van der Waals surface area contributed by atoms with Gasteiger partial charge in [0.2, 0.25) is 0 Å². The average Bonchev–Trinajstić information content (AvgIpc) is 3.34. The van der Waals surface area contributed by atoms with Crippen LogP contribution in [0.5, 0.6) is 0 Å². The van der Waals surface area contributed by atoms with Gasteiger partial charge in [-0.2, -0.15) is 5.26 Å². The molecule has 2 aliphatic rings. The van der Waals surface area contributed by atoms with Gasteiger partial charge >= 0.3 is 0 Å². The minimum Gasteiger partial charge on any atom is -0.317 e. The quantitative estimate of drug-likeness (QED) is 0.816. The van der Waals surface area contributed by atoms with Crippen molar-refractivity contribution in [3.8, 4) is 6.07 Å². The number of aromatic nitrogens is 3. The van der Waals surface area contributed by atoms with Crippen molar-refractivity contribution >= 4 is 0 Å². The predicted octanol–water partition coefficient (Wildman–Crippen LogP) is 2.66. The van der Waals surface area contributed by atoms with Crippen LogP contribution >= 0.6 is 0 Å². The van der Waals surface area contributed by atoms with Gasteiger partial charge in [-0.3, -0.25) is 9.80 Å². The zero-order valence-corrected chi connectivity index (χ0v) is 16.1. The molecule has 0 amide bonds. The van der Waals surface area contributed by atoms with Gasteiger partial charge in [-0.25, -0.2) is 0 Å². The molecule has 0 aliphatic carbocycles. The number of rotatable bonds is 5. The third-order valence-corrected chi connectivity index (χ3v) is 5.98. The fourth-order valence-electron chi connectivity index (χ4n) is 4.36. The maximum absolute atomic E-state index is 9.06. The highest BCUT2D eigenvalue weighted by molar-refractivity contribution is 5.32. The number of hydrogen-bond acceptors (Lipinski definition) is 5. The first-order valence-electron chi connectivity index (χ1n) is 10.0. The van der Waals surface area contributed by atoms with Crippen molar-refractivity contribution in [2.75, 3.05) is 26.2 Å². The summed E-state index contributed by atoms with van der Waals surface area (Å²) in [6.07, 6.45) is 4.85. The standard InChI is InChI=1S/C21H28N6/c1-25-20(16-26-9-2-3-10-26)23-24-21(25)19-7-11-27(12-8-19)15-18-6-4-5-17(13-18)14-22/h4-6,13,19H,2-3,7-12,15-16H2,1H3. The van der Waals surface area contributed by atoms with E-state index >= 15 is 0 Å². The molecule has 6 nitrogen and oxygen atoms in total. The smallest absolute Gasteiger partial charge is 0.146 e. The first-order chi connectivity index (χ1) is 13.2. The first-order valence-corrected chi connectivity index (χ1v) is 10.0. The van der Waals surface area contributed by atoms with Crippen LogP contribution in [0.25, 0.3) is 0 Å². The predicted molar refractivity (Wildman–Crippen MR) is 104 cm³/mol. The topological polar surface area (TPSA) is 61.0 Å². The average molecular weight is 364 g/mol. The number of benzene rings is 1. The van der Waals surface area contributed by atoms with Crippen molar-refractivity contribution in [3.63, 3.8) is 0 Å². The van der Waals surface area contributed by atoms with E-state index in [-0.39, 0.29) is 0 Å². The number of nitriles is 1. The lowest BCUT2D eigenvalue weighted by Crippen LogP contribution is -2.33. The Morgan fingerprint density at radius 1 is 1.04 bits per heavy atom. The number of nitrogens with zero attached hydrogens (tertiary/aromatic N) is 6. The summed E-state index contributed by atoms with van der Waals surface area (Å²) in [6, 6.07) is 10.2. The number of piperidine rings is 1. The Balaban J connectivity index is 1.33. The van der Waals surface area contributed by atoms with Crippen LogP contribution in [-0.2, 0) is 20.1 Å². The largest absolute Gasteiger partial charge is 0.317 e. The van der Waals surface area contributed by atoms with Crippen LogP contribution in [-0.4, -0.2) is 50.7 Å². The summed E-state index contributed by atoms with van der Waals surface area (Å²) in [5.74, 6) is 2.74. The second-order valence-electron chi connectivity index (χ2n) is 7.88. The molecule has 1 aromatic heterocycles. The van der Waals surface area contributed by atoms with Crippen LogP contribution < -0.4 is 0 Å². The van der Waals surface area contributed by atoms with Crippen molar-refractivity contribution in [2.24, 2.45) is 7.05 Å². The maximum atomic E-state index is 9.06. The molecule has 27 heavy (non-hydrogen) atoms. The summed E-state index contributed by atoms with van der Waals surface area (Å²) in [4.78, 5) is 4.96. The molecule has 0 spiro atoms. The molecule has 0 saturated carbocycles. The van der Waals surface area contributed by atoms with Crippen LogP contribution in [0.3, 0.4) is 0 Å². The van der Waals surface area contributed by atoms with Gasteiger partial charge in [-0.1, -0.05) is 12.1 Å². The Kier molecular flexibility index (Phi) is 5.51. The molecule has 0 bridgehead atoms. The fraction of sp³-hybridized carbons (Fsp3) is 0.571. The molecule has 2 saturated heterocycles. The van der Waals surface area contributed by atoms with Crippen LogP contribution in [0.15, 0.2) is 24.3 Å². The highest BCUT2D eigenvalue weighted by Crippen LogP contribution is 2.28. The highest BCUT2D eigenvalue weighted by atomic mass is 15.3. The summed E-state index contributed by atoms with van der Waals surface area (Å²) < 4.78 is 2.23. The summed E-state index contributed by atoms with van der Waals surface area (Å²) in [5.41, 5.74) is 1.96. The van der Waals surface area contributed by atoms with E-state index in [1.165, 1.54) is 31.5 Å². The zero-order chi connectivity index (χ0) is 18.6. The van der Waals surface area contributed by atoms with E-state index in [9.17, 15) is 0 Å². The molecule has 2 aliphatic heterocycles. The van der Waals surface area contributed by atoms with Crippen LogP contribution in [0, 0.1) is 11.3 Å². The number of hydrogen-bond donors (Lipinski definition) is 0. The molecule has 0 atom stereocenters. The lowest BCUT2D eigenvalue weighted by molar-refractivity contribution is 0.200. The summed E-state index contributed by atoms with van der Waals surface area (Å²) >= 11 is 0. The highest BCUT2D eigenvalue weighted by Gasteiger charge is 2.26. The Hall–Kier alpha value is -2.23. The Labute approximate surface area is 161 Å². The van der Waals surface area contributed by atoms with E-state index in [1.54, 1.807) is 0 Å². The van der Waals surface area contributed by atoms with Gasteiger partial charge in [-0.05, 0) is 69.6 Å². The summed E-state index contributed by atoms with van der Waals surface area (Å²) in [5, 5.41) is 18.1. The van der Waals surface area contributed by atoms with E-state index in [0.717, 1.165) is 56.2 Å². The Bertz CT molecular complexity index is 806. The molecule has 4 rings (SSSR count). The SMILES string of the molecule is Cn1c(CN2CCCC2)nnc1C1CCN(Cc2cccc(C#N)c2)CC1. The molecule has 0 N–H and O–H groups in total. The van der Waals surface area contributed by atoms with E-state index in [1.807, 2.05) is 18.2 Å². The summed E-state index contributed by atoms with van der Waals surface area (Å²) in [7, 11) is 2.13. The maximum Gasteiger partial charge on any atom is 0.146 e. The molecule has 1 aromatic carbocycles. The number of likely N-dealkylation sites (tertiary alicyclic amines) is 2. The second kappa shape index (κ2) is 8.20.